The van der Waals surface area contributed by atoms with E-state index >= 15 is 0 Å². The lowest BCUT2D eigenvalue weighted by Crippen LogP contribution is -2.59. The van der Waals surface area contributed by atoms with Crippen LogP contribution in [0.2, 0.25) is 0 Å². The smallest absolute Gasteiger partial charge is 0.475 e. The largest absolute Gasteiger partial charge is 0.490 e. The molecule has 1 amide bonds. The fraction of sp³-hybridized carbons (Fsp3) is 0.462. The van der Waals surface area contributed by atoms with E-state index in [9.17, 15) is 18.0 Å². The molecule has 2 fully saturated rings. The zero-order valence-electron chi connectivity index (χ0n) is 20.8. The number of hydrogen-bond acceptors (Lipinski definition) is 4. The number of carboxylic acids is 1. The van der Waals surface area contributed by atoms with Crippen LogP contribution in [-0.4, -0.2) is 69.0 Å². The van der Waals surface area contributed by atoms with Crippen LogP contribution in [0.4, 0.5) is 30.2 Å². The van der Waals surface area contributed by atoms with Gasteiger partial charge in [-0.15, -0.1) is 0 Å². The number of nitrogens with one attached hydrogen (secondary N) is 2. The van der Waals surface area contributed by atoms with Gasteiger partial charge in [-0.3, -0.25) is 9.28 Å². The van der Waals surface area contributed by atoms with Gasteiger partial charge < -0.3 is 20.6 Å². The average molecular weight is 508 g/mol. The number of benzene rings is 2. The van der Waals surface area contributed by atoms with E-state index in [1.807, 2.05) is 43.3 Å². The maximum absolute atomic E-state index is 12.9. The van der Waals surface area contributed by atoms with Gasteiger partial charge >= 0.3 is 12.1 Å². The molecule has 4 rings (SSSR count). The molecular formula is C26H34F3N4O3+. The predicted molar refractivity (Wildman–Crippen MR) is 135 cm³/mol. The van der Waals surface area contributed by atoms with Gasteiger partial charge in [0, 0.05) is 70.0 Å². The molecule has 2 aromatic rings. The minimum absolute atomic E-state index is 0.0690. The van der Waals surface area contributed by atoms with Crippen LogP contribution in [0.15, 0.2) is 48.5 Å². The number of hydrogen-bond donors (Lipinski definition) is 3. The molecule has 2 heterocycles. The molecule has 7 nitrogen and oxygen atoms in total. The summed E-state index contributed by atoms with van der Waals surface area (Å²) >= 11 is 0. The molecule has 0 aliphatic carbocycles. The van der Waals surface area contributed by atoms with E-state index in [1.54, 1.807) is 0 Å². The Bertz CT molecular complexity index is 1050. The maximum atomic E-state index is 12.9. The van der Waals surface area contributed by atoms with E-state index < -0.39 is 12.1 Å². The number of likely N-dealkylation sites (tertiary alicyclic amines) is 1. The van der Waals surface area contributed by atoms with Crippen molar-refractivity contribution in [2.75, 3.05) is 43.9 Å². The Kier molecular flexibility index (Phi) is 8.63. The molecule has 0 spiro atoms. The molecule has 2 aliphatic rings. The monoisotopic (exact) mass is 507 g/mol. The van der Waals surface area contributed by atoms with Crippen LogP contribution < -0.4 is 20.0 Å². The number of quaternary nitrogens is 1. The van der Waals surface area contributed by atoms with Gasteiger partial charge in [0.05, 0.1) is 18.2 Å². The minimum Gasteiger partial charge on any atom is -0.475 e. The second-order valence-electron chi connectivity index (χ2n) is 9.51. The first kappa shape index (κ1) is 27.5. The van der Waals surface area contributed by atoms with E-state index in [1.165, 1.54) is 31.5 Å². The van der Waals surface area contributed by atoms with Crippen molar-refractivity contribution < 1.29 is 27.9 Å². The normalized spacial score (nSPS) is 23.5. The molecule has 196 valence electrons. The zero-order chi connectivity index (χ0) is 26.5. The lowest BCUT2D eigenvalue weighted by atomic mass is 10.1. The van der Waals surface area contributed by atoms with Gasteiger partial charge in [0.1, 0.15) is 11.7 Å². The Morgan fingerprint density at radius 3 is 2.22 bits per heavy atom. The van der Waals surface area contributed by atoms with Crippen LogP contribution in [0.5, 0.6) is 0 Å². The highest BCUT2D eigenvalue weighted by molar-refractivity contribution is 6.08. The minimum atomic E-state index is -5.08. The van der Waals surface area contributed by atoms with Crippen LogP contribution in [0.1, 0.15) is 36.5 Å². The van der Waals surface area contributed by atoms with Gasteiger partial charge in [0.2, 0.25) is 0 Å². The number of carbonyl (C=O) groups is 2. The van der Waals surface area contributed by atoms with E-state index in [0.29, 0.717) is 17.6 Å². The van der Waals surface area contributed by atoms with E-state index in [-0.39, 0.29) is 5.91 Å². The topological polar surface area (TPSA) is 81.7 Å². The molecule has 10 heteroatoms. The van der Waals surface area contributed by atoms with Gasteiger partial charge in [-0.25, -0.2) is 4.79 Å². The highest BCUT2D eigenvalue weighted by atomic mass is 19.4. The average Bonchev–Trinajstić information content (AvgIpc) is 3.50. The number of anilines is 2. The van der Waals surface area contributed by atoms with E-state index in [4.69, 9.17) is 9.90 Å². The second kappa shape index (κ2) is 11.3. The van der Waals surface area contributed by atoms with Crippen molar-refractivity contribution in [1.82, 2.24) is 9.80 Å². The summed E-state index contributed by atoms with van der Waals surface area (Å²) in [6.07, 6.45) is -1.27. The third-order valence-electron chi connectivity index (χ3n) is 7.10. The van der Waals surface area contributed by atoms with Crippen molar-refractivity contribution in [2.24, 2.45) is 0 Å². The predicted octanol–water partition coefficient (Wildman–Crippen LogP) is 4.49. The summed E-state index contributed by atoms with van der Waals surface area (Å²) in [6.45, 7) is 5.84. The van der Waals surface area contributed by atoms with Crippen LogP contribution in [0, 0.1) is 0 Å². The van der Waals surface area contributed by atoms with Crippen LogP contribution in [0.25, 0.3) is 0 Å². The Balaban J connectivity index is 0.000000454. The number of aliphatic carboxylic acids is 1. The van der Waals surface area contributed by atoms with Gasteiger partial charge in [0.15, 0.2) is 0 Å². The SMILES string of the molecule is CC1CCC[N+]1(c1ccc(NC(=O)c2ccccc2N(C)C)cc1)C1CCNC1.O=C(O)C(F)(F)F. The quantitative estimate of drug-likeness (QED) is 0.520. The maximum Gasteiger partial charge on any atom is 0.490 e. The number of carbonyl (C=O) groups excluding carboxylic acids is 1. The highest BCUT2D eigenvalue weighted by Crippen LogP contribution is 2.39. The lowest BCUT2D eigenvalue weighted by Gasteiger charge is -2.43. The molecule has 0 saturated carbocycles. The number of carboxylic acid groups (broad SMARTS) is 1. The standard InChI is InChI=1S/C24H32N4O.C2HF3O2/c1-18-7-6-16-28(18,21-14-15-25-17-21)20-12-10-19(11-13-20)26-24(29)22-8-4-5-9-23(22)27(2)3;3-2(4,5)1(6)7/h4-5,8-13,18,21,25H,6-7,14-17H2,1-3H3;(H,6,7)/p+1. The number of rotatable bonds is 5. The summed E-state index contributed by atoms with van der Waals surface area (Å²) in [4.78, 5) is 23.7. The molecule has 36 heavy (non-hydrogen) atoms. The van der Waals surface area contributed by atoms with Crippen molar-refractivity contribution >= 4 is 28.9 Å². The molecule has 3 atom stereocenters. The molecule has 2 aliphatic heterocycles. The number of halogens is 3. The molecule has 2 saturated heterocycles. The summed E-state index contributed by atoms with van der Waals surface area (Å²) in [5.74, 6) is -2.83. The Morgan fingerprint density at radius 2 is 1.72 bits per heavy atom. The van der Waals surface area contributed by atoms with E-state index in [0.717, 1.165) is 28.9 Å². The van der Waals surface area contributed by atoms with Gasteiger partial charge in [-0.2, -0.15) is 13.2 Å². The Labute approximate surface area is 209 Å². The summed E-state index contributed by atoms with van der Waals surface area (Å²) < 4.78 is 32.8. The number of para-hydroxylation sites is 1. The second-order valence-corrected chi connectivity index (χ2v) is 9.51. The summed E-state index contributed by atoms with van der Waals surface area (Å²) in [7, 11) is 3.91. The fourth-order valence-electron chi connectivity index (χ4n) is 5.34. The van der Waals surface area contributed by atoms with Crippen molar-refractivity contribution in [3.8, 4) is 0 Å². The Morgan fingerprint density at radius 1 is 1.08 bits per heavy atom. The highest BCUT2D eigenvalue weighted by Gasteiger charge is 2.48. The fourth-order valence-corrected chi connectivity index (χ4v) is 5.34. The number of amides is 1. The first-order valence-electron chi connectivity index (χ1n) is 12.0. The van der Waals surface area contributed by atoms with Gasteiger partial charge in [-0.05, 0) is 31.2 Å². The molecular weight excluding hydrogens is 473 g/mol. The van der Waals surface area contributed by atoms with Crippen LogP contribution in [0.3, 0.4) is 0 Å². The van der Waals surface area contributed by atoms with Crippen molar-refractivity contribution in [1.29, 1.82) is 0 Å². The van der Waals surface area contributed by atoms with Crippen LogP contribution in [-0.2, 0) is 4.79 Å². The van der Waals surface area contributed by atoms with Crippen molar-refractivity contribution in [3.63, 3.8) is 0 Å². The zero-order valence-corrected chi connectivity index (χ0v) is 20.8. The van der Waals surface area contributed by atoms with E-state index in [2.05, 4.69) is 41.8 Å². The summed E-state index contributed by atoms with van der Waals surface area (Å²) in [5, 5.41) is 13.8. The summed E-state index contributed by atoms with van der Waals surface area (Å²) in [6, 6.07) is 17.6. The van der Waals surface area contributed by atoms with Gasteiger partial charge in [-0.1, -0.05) is 12.1 Å². The molecule has 3 unspecified atom stereocenters. The van der Waals surface area contributed by atoms with Gasteiger partial charge in [0.25, 0.3) is 5.91 Å². The third-order valence-corrected chi connectivity index (χ3v) is 7.10. The van der Waals surface area contributed by atoms with Crippen molar-refractivity contribution in [2.45, 2.75) is 44.4 Å². The number of alkyl halides is 3. The molecule has 0 bridgehead atoms. The molecule has 2 aromatic carbocycles. The molecule has 0 aromatic heterocycles. The summed E-state index contributed by atoms with van der Waals surface area (Å²) in [5.41, 5.74) is 3.85. The number of nitrogens with zero attached hydrogens (tertiary/aromatic N) is 2. The van der Waals surface area contributed by atoms with Crippen LogP contribution >= 0.6 is 0 Å². The Hall–Kier alpha value is -3.11. The molecule has 0 radical (unpaired) electrons. The molecule has 3 N–H and O–H groups in total. The first-order valence-corrected chi connectivity index (χ1v) is 12.0. The van der Waals surface area contributed by atoms with Crippen molar-refractivity contribution in [3.05, 3.63) is 54.1 Å². The first-order chi connectivity index (χ1) is 17.0. The lowest BCUT2D eigenvalue weighted by molar-refractivity contribution is -0.192. The third kappa shape index (κ3) is 5.99.